The van der Waals surface area contributed by atoms with Gasteiger partial charge in [-0.25, -0.2) is 4.79 Å². The Morgan fingerprint density at radius 3 is 2.52 bits per heavy atom. The molecule has 0 saturated carbocycles. The van der Waals surface area contributed by atoms with E-state index in [9.17, 15) is 4.79 Å². The molecule has 7 nitrogen and oxygen atoms in total. The Morgan fingerprint density at radius 2 is 1.68 bits per heavy atom. The number of ether oxygens (including phenoxy) is 4. The minimum atomic E-state index is -0.324. The van der Waals surface area contributed by atoms with Crippen LogP contribution in [0.25, 0.3) is 0 Å². The minimum Gasteiger partial charge on any atom is -0.486 e. The van der Waals surface area contributed by atoms with Gasteiger partial charge in [-0.1, -0.05) is 6.07 Å². The van der Waals surface area contributed by atoms with Crippen molar-refractivity contribution in [3.63, 3.8) is 0 Å². The van der Waals surface area contributed by atoms with E-state index in [-0.39, 0.29) is 12.8 Å². The largest absolute Gasteiger partial charge is 0.486 e. The summed E-state index contributed by atoms with van der Waals surface area (Å²) < 4.78 is 22.3. The van der Waals surface area contributed by atoms with Gasteiger partial charge in [0.15, 0.2) is 23.0 Å². The fourth-order valence-corrected chi connectivity index (χ4v) is 2.98. The van der Waals surface area contributed by atoms with Crippen LogP contribution in [0.3, 0.4) is 0 Å². The summed E-state index contributed by atoms with van der Waals surface area (Å²) in [6, 6.07) is 8.75. The molecule has 0 atom stereocenters. The molecule has 0 radical (unpaired) electrons. The van der Waals surface area contributed by atoms with Crippen LogP contribution in [0.4, 0.5) is 10.5 Å². The predicted molar refractivity (Wildman–Crippen MR) is 93.6 cm³/mol. The average Bonchev–Trinajstić information content (AvgIpc) is 3.08. The molecule has 0 aromatic heterocycles. The first-order valence-electron chi connectivity index (χ1n) is 7.71. The number of anilines is 1. The van der Waals surface area contributed by atoms with Crippen molar-refractivity contribution in [1.29, 1.82) is 0 Å². The maximum atomic E-state index is 12.2. The van der Waals surface area contributed by atoms with E-state index in [1.165, 1.54) is 0 Å². The molecule has 2 aliphatic heterocycles. The molecule has 2 aromatic rings. The minimum absolute atomic E-state index is 0.227. The first-order valence-corrected chi connectivity index (χ1v) is 8.51. The van der Waals surface area contributed by atoms with Crippen molar-refractivity contribution < 1.29 is 23.7 Å². The highest BCUT2D eigenvalue weighted by Gasteiger charge is 2.17. The smallest absolute Gasteiger partial charge is 0.319 e. The molecular formula is C17H15BrN2O5. The molecule has 0 unspecified atom stereocenters. The Bertz CT molecular complexity index is 827. The Morgan fingerprint density at radius 1 is 0.960 bits per heavy atom. The van der Waals surface area contributed by atoms with Crippen LogP contribution in [-0.4, -0.2) is 26.0 Å². The fraction of sp³-hybridized carbons (Fsp3) is 0.235. The summed E-state index contributed by atoms with van der Waals surface area (Å²) in [4.78, 5) is 12.2. The molecule has 0 bridgehead atoms. The normalized spacial score (nSPS) is 14.1. The molecule has 2 heterocycles. The van der Waals surface area contributed by atoms with E-state index in [1.54, 1.807) is 12.1 Å². The van der Waals surface area contributed by atoms with Gasteiger partial charge in [-0.3, -0.25) is 0 Å². The lowest BCUT2D eigenvalue weighted by Crippen LogP contribution is -2.28. The number of rotatable bonds is 3. The van der Waals surface area contributed by atoms with Gasteiger partial charge in [0, 0.05) is 23.2 Å². The molecule has 8 heteroatoms. The second-order valence-electron chi connectivity index (χ2n) is 5.47. The van der Waals surface area contributed by atoms with Gasteiger partial charge in [0.25, 0.3) is 0 Å². The number of hydrogen-bond acceptors (Lipinski definition) is 5. The van der Waals surface area contributed by atoms with Gasteiger partial charge in [-0.15, -0.1) is 0 Å². The molecule has 130 valence electrons. The highest BCUT2D eigenvalue weighted by molar-refractivity contribution is 9.10. The first kappa shape index (κ1) is 15.9. The summed E-state index contributed by atoms with van der Waals surface area (Å²) in [6.45, 7) is 1.60. The number of carbonyl (C=O) groups excluding carboxylic acids is 1. The highest BCUT2D eigenvalue weighted by atomic mass is 79.9. The second kappa shape index (κ2) is 6.72. The van der Waals surface area contributed by atoms with E-state index in [2.05, 4.69) is 26.6 Å². The van der Waals surface area contributed by atoms with Crippen LogP contribution in [0, 0.1) is 0 Å². The van der Waals surface area contributed by atoms with Crippen molar-refractivity contribution in [3.05, 3.63) is 40.4 Å². The van der Waals surface area contributed by atoms with E-state index < -0.39 is 0 Å². The Labute approximate surface area is 152 Å². The number of fused-ring (bicyclic) bond motifs is 2. The van der Waals surface area contributed by atoms with Gasteiger partial charge in [0.2, 0.25) is 6.79 Å². The van der Waals surface area contributed by atoms with Crippen LogP contribution in [0.1, 0.15) is 5.56 Å². The van der Waals surface area contributed by atoms with Crippen LogP contribution < -0.4 is 29.6 Å². The number of hydrogen-bond donors (Lipinski definition) is 2. The van der Waals surface area contributed by atoms with Crippen molar-refractivity contribution in [2.24, 2.45) is 0 Å². The van der Waals surface area contributed by atoms with Gasteiger partial charge in [-0.2, -0.15) is 0 Å². The SMILES string of the molecule is O=C(NCc1ccc2c(c1)OCO2)Nc1cc2c(cc1Br)OCCO2. The van der Waals surface area contributed by atoms with Crippen LogP contribution in [-0.2, 0) is 6.54 Å². The third kappa shape index (κ3) is 3.43. The van der Waals surface area contributed by atoms with Gasteiger partial charge < -0.3 is 29.6 Å². The zero-order chi connectivity index (χ0) is 17.2. The van der Waals surface area contributed by atoms with Gasteiger partial charge >= 0.3 is 6.03 Å². The van der Waals surface area contributed by atoms with E-state index in [0.29, 0.717) is 48.4 Å². The van der Waals surface area contributed by atoms with E-state index in [1.807, 2.05) is 18.2 Å². The molecule has 0 fully saturated rings. The van der Waals surface area contributed by atoms with Crippen LogP contribution in [0.5, 0.6) is 23.0 Å². The Balaban J connectivity index is 1.39. The number of carbonyl (C=O) groups is 1. The molecule has 4 rings (SSSR count). The summed E-state index contributed by atoms with van der Waals surface area (Å²) in [5.74, 6) is 2.67. The van der Waals surface area contributed by atoms with Crippen molar-refractivity contribution >= 4 is 27.6 Å². The molecule has 2 N–H and O–H groups in total. The quantitative estimate of drug-likeness (QED) is 0.817. The first-order chi connectivity index (χ1) is 12.2. The van der Waals surface area contributed by atoms with E-state index in [0.717, 1.165) is 10.0 Å². The van der Waals surface area contributed by atoms with Crippen molar-refractivity contribution in [3.8, 4) is 23.0 Å². The fourth-order valence-electron chi connectivity index (χ4n) is 2.56. The maximum absolute atomic E-state index is 12.2. The van der Waals surface area contributed by atoms with Crippen molar-refractivity contribution in [2.45, 2.75) is 6.54 Å². The summed E-state index contributed by atoms with van der Waals surface area (Å²) in [5.41, 5.74) is 1.52. The van der Waals surface area contributed by atoms with Crippen LogP contribution >= 0.6 is 15.9 Å². The van der Waals surface area contributed by atoms with Crippen LogP contribution in [0.2, 0.25) is 0 Å². The lowest BCUT2D eigenvalue weighted by molar-refractivity contribution is 0.171. The second-order valence-corrected chi connectivity index (χ2v) is 6.33. The topological polar surface area (TPSA) is 78.1 Å². The summed E-state index contributed by atoms with van der Waals surface area (Å²) in [6.07, 6.45) is 0. The van der Waals surface area contributed by atoms with Crippen LogP contribution in [0.15, 0.2) is 34.8 Å². The highest BCUT2D eigenvalue weighted by Crippen LogP contribution is 2.38. The molecular weight excluding hydrogens is 392 g/mol. The number of nitrogens with one attached hydrogen (secondary N) is 2. The number of benzene rings is 2. The Hall–Kier alpha value is -2.61. The Kier molecular flexibility index (Phi) is 4.27. The molecule has 2 amide bonds. The summed E-state index contributed by atoms with van der Waals surface area (Å²) >= 11 is 3.43. The standard InChI is InChI=1S/C17H15BrN2O5/c18-11-6-15-16(23-4-3-22-15)7-12(11)20-17(21)19-8-10-1-2-13-14(5-10)25-9-24-13/h1-2,5-7H,3-4,8-9H2,(H2,19,20,21). The predicted octanol–water partition coefficient (Wildman–Crippen LogP) is 3.27. The molecule has 0 spiro atoms. The molecule has 2 aromatic carbocycles. The lowest BCUT2D eigenvalue weighted by Gasteiger charge is -2.20. The number of urea groups is 1. The van der Waals surface area contributed by atoms with E-state index >= 15 is 0 Å². The monoisotopic (exact) mass is 406 g/mol. The number of amides is 2. The van der Waals surface area contributed by atoms with Gasteiger partial charge in [0.1, 0.15) is 13.2 Å². The van der Waals surface area contributed by atoms with Gasteiger partial charge in [0.05, 0.1) is 5.69 Å². The zero-order valence-corrected chi connectivity index (χ0v) is 14.7. The van der Waals surface area contributed by atoms with Crippen molar-refractivity contribution in [2.75, 3.05) is 25.3 Å². The van der Waals surface area contributed by atoms with Crippen molar-refractivity contribution in [1.82, 2.24) is 5.32 Å². The number of halogens is 1. The summed E-state index contributed by atoms with van der Waals surface area (Å²) in [5, 5.41) is 5.60. The molecule has 2 aliphatic rings. The third-order valence-corrected chi connectivity index (χ3v) is 4.43. The average molecular weight is 407 g/mol. The third-order valence-electron chi connectivity index (χ3n) is 3.77. The zero-order valence-electron chi connectivity index (χ0n) is 13.1. The van der Waals surface area contributed by atoms with E-state index in [4.69, 9.17) is 18.9 Å². The lowest BCUT2D eigenvalue weighted by atomic mass is 10.2. The van der Waals surface area contributed by atoms with Gasteiger partial charge in [-0.05, 0) is 33.6 Å². The summed E-state index contributed by atoms with van der Waals surface area (Å²) in [7, 11) is 0. The molecule has 25 heavy (non-hydrogen) atoms. The maximum Gasteiger partial charge on any atom is 0.319 e. The molecule has 0 saturated heterocycles. The molecule has 0 aliphatic carbocycles.